The van der Waals surface area contributed by atoms with Crippen molar-refractivity contribution in [3.05, 3.63) is 11.7 Å². The molecule has 0 atom stereocenters. The number of carboxylic acid groups (broad SMARTS) is 1. The van der Waals surface area contributed by atoms with Crippen molar-refractivity contribution in [2.75, 3.05) is 13.6 Å². The van der Waals surface area contributed by atoms with Crippen LogP contribution in [-0.4, -0.2) is 51.3 Å². The van der Waals surface area contributed by atoms with E-state index >= 15 is 0 Å². The minimum Gasteiger partial charge on any atom is -0.480 e. The Morgan fingerprint density at radius 1 is 1.47 bits per heavy atom. The van der Waals surface area contributed by atoms with Crippen molar-refractivity contribution in [2.24, 2.45) is 0 Å². The van der Waals surface area contributed by atoms with Crippen LogP contribution in [0.1, 0.15) is 25.6 Å². The fraction of sp³-hybridized carbons (Fsp3) is 0.636. The third-order valence-electron chi connectivity index (χ3n) is 2.85. The maximum Gasteiger partial charge on any atom is 0.329 e. The van der Waals surface area contributed by atoms with Crippen LogP contribution >= 0.6 is 0 Å². The molecule has 8 nitrogen and oxygen atoms in total. The molecular formula is C11H18N4O4. The smallest absolute Gasteiger partial charge is 0.329 e. The summed E-state index contributed by atoms with van der Waals surface area (Å²) in [6, 6.07) is -0.469. The van der Waals surface area contributed by atoms with Gasteiger partial charge in [0.1, 0.15) is 5.54 Å². The van der Waals surface area contributed by atoms with Crippen LogP contribution in [0.25, 0.3) is 0 Å². The van der Waals surface area contributed by atoms with Crippen molar-refractivity contribution in [2.45, 2.75) is 32.7 Å². The minimum absolute atomic E-state index is 0.292. The Morgan fingerprint density at radius 3 is 2.58 bits per heavy atom. The van der Waals surface area contributed by atoms with Gasteiger partial charge in [0, 0.05) is 20.0 Å². The van der Waals surface area contributed by atoms with E-state index in [1.54, 1.807) is 6.92 Å². The van der Waals surface area contributed by atoms with E-state index in [4.69, 9.17) is 9.63 Å². The van der Waals surface area contributed by atoms with Crippen LogP contribution in [0.3, 0.4) is 0 Å². The van der Waals surface area contributed by atoms with E-state index in [0.29, 0.717) is 24.7 Å². The number of hydrogen-bond acceptors (Lipinski definition) is 5. The molecule has 8 heteroatoms. The molecule has 1 aromatic heterocycles. The summed E-state index contributed by atoms with van der Waals surface area (Å²) >= 11 is 0. The third-order valence-corrected chi connectivity index (χ3v) is 2.85. The van der Waals surface area contributed by atoms with Gasteiger partial charge in [-0.05, 0) is 20.8 Å². The Kier molecular flexibility index (Phi) is 4.47. The second-order valence-corrected chi connectivity index (χ2v) is 4.64. The van der Waals surface area contributed by atoms with Crippen LogP contribution < -0.4 is 5.32 Å². The van der Waals surface area contributed by atoms with Gasteiger partial charge in [0.2, 0.25) is 5.89 Å². The summed E-state index contributed by atoms with van der Waals surface area (Å²) in [5, 5.41) is 15.2. The molecule has 0 radical (unpaired) electrons. The summed E-state index contributed by atoms with van der Waals surface area (Å²) in [6.45, 7) is 4.90. The molecule has 106 valence electrons. The Balaban J connectivity index is 2.45. The quantitative estimate of drug-likeness (QED) is 0.803. The molecule has 0 saturated heterocycles. The fourth-order valence-corrected chi connectivity index (χ4v) is 1.23. The summed E-state index contributed by atoms with van der Waals surface area (Å²) in [6.07, 6.45) is 0.397. The molecule has 0 saturated carbocycles. The number of urea groups is 1. The second kappa shape index (κ2) is 5.68. The van der Waals surface area contributed by atoms with Gasteiger partial charge in [-0.25, -0.2) is 9.59 Å². The first-order valence-electron chi connectivity index (χ1n) is 5.79. The van der Waals surface area contributed by atoms with E-state index in [-0.39, 0.29) is 0 Å². The SMILES string of the molecule is Cc1noc(CCNC(=O)N(C)C(C)(C)C(=O)O)n1. The van der Waals surface area contributed by atoms with E-state index in [2.05, 4.69) is 15.5 Å². The molecule has 1 heterocycles. The van der Waals surface area contributed by atoms with Gasteiger partial charge in [-0.2, -0.15) is 4.98 Å². The van der Waals surface area contributed by atoms with Crippen molar-refractivity contribution < 1.29 is 19.2 Å². The highest BCUT2D eigenvalue weighted by atomic mass is 16.5. The van der Waals surface area contributed by atoms with Gasteiger partial charge in [0.15, 0.2) is 5.82 Å². The molecule has 19 heavy (non-hydrogen) atoms. The van der Waals surface area contributed by atoms with Gasteiger partial charge >= 0.3 is 12.0 Å². The van der Waals surface area contributed by atoms with Crippen molar-refractivity contribution in [3.8, 4) is 0 Å². The average Bonchev–Trinajstić information content (AvgIpc) is 2.73. The van der Waals surface area contributed by atoms with Gasteiger partial charge in [0.05, 0.1) is 0 Å². The minimum atomic E-state index is -1.27. The number of carbonyl (C=O) groups is 2. The van der Waals surface area contributed by atoms with Crippen LogP contribution in [0, 0.1) is 6.92 Å². The molecule has 1 rings (SSSR count). The zero-order valence-electron chi connectivity index (χ0n) is 11.4. The molecule has 0 aliphatic heterocycles. The van der Waals surface area contributed by atoms with E-state index < -0.39 is 17.5 Å². The van der Waals surface area contributed by atoms with E-state index in [1.165, 1.54) is 20.9 Å². The maximum atomic E-state index is 11.8. The highest BCUT2D eigenvalue weighted by Gasteiger charge is 2.35. The largest absolute Gasteiger partial charge is 0.480 e. The topological polar surface area (TPSA) is 109 Å². The number of amides is 2. The molecule has 0 aliphatic carbocycles. The molecule has 0 fully saturated rings. The predicted octanol–water partition coefficient (Wildman–Crippen LogP) is 0.425. The molecule has 0 spiro atoms. The Morgan fingerprint density at radius 2 is 2.11 bits per heavy atom. The molecule has 0 aromatic carbocycles. The molecule has 2 amide bonds. The number of aromatic nitrogens is 2. The second-order valence-electron chi connectivity index (χ2n) is 4.64. The summed E-state index contributed by atoms with van der Waals surface area (Å²) in [5.41, 5.74) is -1.27. The zero-order chi connectivity index (χ0) is 14.6. The Hall–Kier alpha value is -2.12. The summed E-state index contributed by atoms with van der Waals surface area (Å²) in [4.78, 5) is 27.9. The van der Waals surface area contributed by atoms with Gasteiger partial charge in [0.25, 0.3) is 0 Å². The van der Waals surface area contributed by atoms with Crippen LogP contribution in [0.2, 0.25) is 0 Å². The van der Waals surface area contributed by atoms with Crippen molar-refractivity contribution >= 4 is 12.0 Å². The summed E-state index contributed by atoms with van der Waals surface area (Å²) < 4.78 is 4.89. The molecule has 2 N–H and O–H groups in total. The average molecular weight is 270 g/mol. The third kappa shape index (κ3) is 3.67. The lowest BCUT2D eigenvalue weighted by molar-refractivity contribution is -0.146. The van der Waals surface area contributed by atoms with Crippen molar-refractivity contribution in [1.29, 1.82) is 0 Å². The number of aryl methyl sites for hydroxylation is 1. The van der Waals surface area contributed by atoms with Gasteiger partial charge in [-0.3, -0.25) is 0 Å². The monoisotopic (exact) mass is 270 g/mol. The lowest BCUT2D eigenvalue weighted by Crippen LogP contribution is -2.54. The number of aliphatic carboxylic acids is 1. The number of rotatable bonds is 5. The Bertz CT molecular complexity index is 469. The van der Waals surface area contributed by atoms with Gasteiger partial charge < -0.3 is 19.8 Å². The zero-order valence-corrected chi connectivity index (χ0v) is 11.4. The molecule has 1 aromatic rings. The number of nitrogens with one attached hydrogen (secondary N) is 1. The predicted molar refractivity (Wildman–Crippen MR) is 65.6 cm³/mol. The van der Waals surface area contributed by atoms with Crippen LogP contribution in [0.15, 0.2) is 4.52 Å². The van der Waals surface area contributed by atoms with E-state index in [0.717, 1.165) is 4.90 Å². The molecule has 0 bridgehead atoms. The van der Waals surface area contributed by atoms with Crippen LogP contribution in [0.4, 0.5) is 4.79 Å². The normalized spacial score (nSPS) is 11.2. The first-order valence-corrected chi connectivity index (χ1v) is 5.79. The van der Waals surface area contributed by atoms with Crippen LogP contribution in [0.5, 0.6) is 0 Å². The number of likely N-dealkylation sites (N-methyl/N-ethyl adjacent to an activating group) is 1. The Labute approximate surface area is 110 Å². The van der Waals surface area contributed by atoms with Gasteiger partial charge in [-0.15, -0.1) is 0 Å². The van der Waals surface area contributed by atoms with Gasteiger partial charge in [-0.1, -0.05) is 5.16 Å². The lowest BCUT2D eigenvalue weighted by atomic mass is 10.1. The number of carbonyl (C=O) groups excluding carboxylic acids is 1. The molecular weight excluding hydrogens is 252 g/mol. The molecule has 0 aliphatic rings. The first kappa shape index (κ1) is 14.9. The first-order chi connectivity index (χ1) is 8.75. The highest BCUT2D eigenvalue weighted by molar-refractivity contribution is 5.85. The number of hydrogen-bond donors (Lipinski definition) is 2. The molecule has 0 unspecified atom stereocenters. The van der Waals surface area contributed by atoms with E-state index in [9.17, 15) is 9.59 Å². The van der Waals surface area contributed by atoms with Crippen molar-refractivity contribution in [3.63, 3.8) is 0 Å². The highest BCUT2D eigenvalue weighted by Crippen LogP contribution is 2.12. The standard InChI is InChI=1S/C11H18N4O4/c1-7-13-8(19-14-7)5-6-12-10(18)15(4)11(2,3)9(16)17/h5-6H2,1-4H3,(H,12,18)(H,16,17). The number of carboxylic acids is 1. The fourth-order valence-electron chi connectivity index (χ4n) is 1.23. The summed E-state index contributed by atoms with van der Waals surface area (Å²) in [5.74, 6) is -0.110. The number of nitrogens with zero attached hydrogens (tertiary/aromatic N) is 3. The maximum absolute atomic E-state index is 11.8. The summed E-state index contributed by atoms with van der Waals surface area (Å²) in [7, 11) is 1.43. The lowest BCUT2D eigenvalue weighted by Gasteiger charge is -2.31. The van der Waals surface area contributed by atoms with Crippen LogP contribution in [-0.2, 0) is 11.2 Å². The van der Waals surface area contributed by atoms with Crippen molar-refractivity contribution in [1.82, 2.24) is 20.4 Å². The van der Waals surface area contributed by atoms with E-state index in [1.807, 2.05) is 0 Å².